The van der Waals surface area contributed by atoms with Gasteiger partial charge in [0.05, 0.1) is 11.6 Å². The lowest BCUT2D eigenvalue weighted by atomic mass is 9.90. The van der Waals surface area contributed by atoms with E-state index in [2.05, 4.69) is 15.0 Å². The number of rotatable bonds is 4. The van der Waals surface area contributed by atoms with E-state index < -0.39 is 0 Å². The van der Waals surface area contributed by atoms with Gasteiger partial charge in [0.25, 0.3) is 0 Å². The Morgan fingerprint density at radius 1 is 1.23 bits per heavy atom. The molecule has 0 bridgehead atoms. The lowest BCUT2D eigenvalue weighted by Crippen LogP contribution is -2.34. The molecular weight excluding hydrogens is 403 g/mol. The summed E-state index contributed by atoms with van der Waals surface area (Å²) in [4.78, 5) is 6.90. The zero-order valence-corrected chi connectivity index (χ0v) is 17.1. The average Bonchev–Trinajstić information content (AvgIpc) is 3.22. The highest BCUT2D eigenvalue weighted by molar-refractivity contribution is 6.30. The molecule has 7 heteroatoms. The van der Waals surface area contributed by atoms with Crippen LogP contribution in [0.2, 0.25) is 5.02 Å². The second-order valence-electron chi connectivity index (χ2n) is 8.28. The molecule has 2 aliphatic rings. The van der Waals surface area contributed by atoms with Crippen LogP contribution in [0.15, 0.2) is 47.0 Å². The molecule has 30 heavy (non-hydrogen) atoms. The van der Waals surface area contributed by atoms with Gasteiger partial charge in [-0.25, -0.2) is 4.39 Å². The highest BCUT2D eigenvalue weighted by Crippen LogP contribution is 2.64. The molecule has 152 valence electrons. The fourth-order valence-electron chi connectivity index (χ4n) is 4.51. The Kier molecular flexibility index (Phi) is 4.80. The number of nitriles is 1. The maximum absolute atomic E-state index is 14.2. The average molecular weight is 423 g/mol. The molecule has 1 saturated heterocycles. The van der Waals surface area contributed by atoms with Gasteiger partial charge in [-0.1, -0.05) is 35.0 Å². The Hall–Kier alpha value is -2.75. The summed E-state index contributed by atoms with van der Waals surface area (Å²) in [5.74, 6) is 1.27. The monoisotopic (exact) mass is 422 g/mol. The fraction of sp³-hybridized carbons (Fsp3) is 0.348. The predicted octanol–water partition coefficient (Wildman–Crippen LogP) is 5.17. The highest BCUT2D eigenvalue weighted by Gasteiger charge is 2.58. The van der Waals surface area contributed by atoms with E-state index in [9.17, 15) is 4.39 Å². The number of piperidine rings is 1. The first kappa shape index (κ1) is 19.2. The van der Waals surface area contributed by atoms with Crippen molar-refractivity contribution < 1.29 is 8.91 Å². The van der Waals surface area contributed by atoms with E-state index in [1.807, 2.05) is 30.3 Å². The predicted molar refractivity (Wildman–Crippen MR) is 110 cm³/mol. The molecule has 5 rings (SSSR count). The van der Waals surface area contributed by atoms with Crippen LogP contribution < -0.4 is 0 Å². The van der Waals surface area contributed by atoms with Crippen LogP contribution in [0.1, 0.15) is 42.2 Å². The van der Waals surface area contributed by atoms with Crippen molar-refractivity contribution in [1.29, 1.82) is 5.26 Å². The van der Waals surface area contributed by atoms with Crippen molar-refractivity contribution in [1.82, 2.24) is 15.0 Å². The third-order valence-electron chi connectivity index (χ3n) is 6.44. The van der Waals surface area contributed by atoms with Gasteiger partial charge < -0.3 is 4.52 Å². The van der Waals surface area contributed by atoms with Crippen LogP contribution in [-0.4, -0.2) is 28.1 Å². The minimum absolute atomic E-state index is 0.220. The van der Waals surface area contributed by atoms with Crippen LogP contribution in [0, 0.1) is 22.6 Å². The number of halogens is 2. The van der Waals surface area contributed by atoms with Crippen molar-refractivity contribution in [3.63, 3.8) is 0 Å². The van der Waals surface area contributed by atoms with E-state index in [4.69, 9.17) is 21.4 Å². The molecule has 5 nitrogen and oxygen atoms in total. The fourth-order valence-corrected chi connectivity index (χ4v) is 4.70. The highest BCUT2D eigenvalue weighted by atomic mass is 35.5. The molecule has 1 atom stereocenters. The van der Waals surface area contributed by atoms with Crippen molar-refractivity contribution in [2.75, 3.05) is 13.1 Å². The van der Waals surface area contributed by atoms with Crippen LogP contribution in [0.3, 0.4) is 0 Å². The first-order valence-corrected chi connectivity index (χ1v) is 10.4. The van der Waals surface area contributed by atoms with Gasteiger partial charge >= 0.3 is 0 Å². The number of hydrogen-bond acceptors (Lipinski definition) is 5. The van der Waals surface area contributed by atoms with Crippen LogP contribution in [0.5, 0.6) is 0 Å². The quantitative estimate of drug-likeness (QED) is 0.580. The number of likely N-dealkylation sites (tertiary alicyclic amines) is 1. The van der Waals surface area contributed by atoms with Gasteiger partial charge in [-0.05, 0) is 62.0 Å². The summed E-state index contributed by atoms with van der Waals surface area (Å²) in [5, 5.41) is 13.7. The van der Waals surface area contributed by atoms with Gasteiger partial charge in [-0.2, -0.15) is 10.2 Å². The Morgan fingerprint density at radius 2 is 2.07 bits per heavy atom. The topological polar surface area (TPSA) is 66.0 Å². The summed E-state index contributed by atoms with van der Waals surface area (Å²) in [5.41, 5.74) is 2.07. The second-order valence-corrected chi connectivity index (χ2v) is 8.72. The van der Waals surface area contributed by atoms with Gasteiger partial charge in [0.2, 0.25) is 11.7 Å². The molecule has 1 aliphatic carbocycles. The summed E-state index contributed by atoms with van der Waals surface area (Å²) in [7, 11) is 0. The van der Waals surface area contributed by atoms with Gasteiger partial charge in [0.15, 0.2) is 0 Å². The Labute approximate surface area is 179 Å². The normalized spacial score (nSPS) is 20.2. The molecule has 2 fully saturated rings. The molecule has 1 spiro atoms. The summed E-state index contributed by atoms with van der Waals surface area (Å²) in [6.45, 7) is 2.38. The maximum atomic E-state index is 14.2. The van der Waals surface area contributed by atoms with Crippen molar-refractivity contribution in [2.45, 2.75) is 31.7 Å². The zero-order valence-electron chi connectivity index (χ0n) is 16.3. The Morgan fingerprint density at radius 3 is 2.80 bits per heavy atom. The van der Waals surface area contributed by atoms with Gasteiger partial charge in [-0.15, -0.1) is 0 Å². The molecule has 0 N–H and O–H groups in total. The molecule has 2 heterocycles. The molecule has 2 aromatic carbocycles. The van der Waals surface area contributed by atoms with Crippen LogP contribution >= 0.6 is 11.6 Å². The van der Waals surface area contributed by atoms with Crippen LogP contribution in [-0.2, 0) is 6.54 Å². The van der Waals surface area contributed by atoms with E-state index in [1.165, 1.54) is 6.07 Å². The smallest absolute Gasteiger partial charge is 0.230 e. The largest absolute Gasteiger partial charge is 0.339 e. The number of aromatic nitrogens is 2. The van der Waals surface area contributed by atoms with Crippen molar-refractivity contribution in [3.8, 4) is 17.5 Å². The maximum Gasteiger partial charge on any atom is 0.230 e. The molecule has 0 unspecified atom stereocenters. The third kappa shape index (κ3) is 3.60. The second kappa shape index (κ2) is 7.50. The molecular formula is C23H20ClFN4O. The van der Waals surface area contributed by atoms with E-state index in [0.717, 1.165) is 37.9 Å². The van der Waals surface area contributed by atoms with E-state index in [-0.39, 0.29) is 11.2 Å². The van der Waals surface area contributed by atoms with Gasteiger partial charge in [0.1, 0.15) is 5.82 Å². The Bertz CT molecular complexity index is 1130. The van der Waals surface area contributed by atoms with E-state index in [1.54, 1.807) is 12.1 Å². The van der Waals surface area contributed by atoms with Crippen molar-refractivity contribution >= 4 is 11.6 Å². The standard InChI is InChI=1S/C23H20ClFN4O/c24-18-3-1-2-16(11-18)21-27-22(30-28-21)19-12-23(19)6-8-29(9-7-23)14-17-5-4-15(13-26)10-20(17)25/h1-5,10-11,19H,6-9,12,14H2/t19-/m1/s1. The summed E-state index contributed by atoms with van der Waals surface area (Å²) in [6.07, 6.45) is 3.12. The van der Waals surface area contributed by atoms with E-state index in [0.29, 0.717) is 40.3 Å². The number of nitrogens with zero attached hydrogens (tertiary/aromatic N) is 4. The minimum atomic E-state index is -0.307. The first-order chi connectivity index (χ1) is 14.6. The molecule has 1 aromatic heterocycles. The molecule has 1 aliphatic heterocycles. The first-order valence-electron chi connectivity index (χ1n) is 10.1. The Balaban J connectivity index is 1.21. The van der Waals surface area contributed by atoms with Crippen molar-refractivity contribution in [2.24, 2.45) is 5.41 Å². The van der Waals surface area contributed by atoms with Crippen LogP contribution in [0.25, 0.3) is 11.4 Å². The third-order valence-corrected chi connectivity index (χ3v) is 6.68. The van der Waals surface area contributed by atoms with E-state index >= 15 is 0 Å². The minimum Gasteiger partial charge on any atom is -0.339 e. The molecule has 1 saturated carbocycles. The summed E-state index contributed by atoms with van der Waals surface area (Å²) >= 11 is 6.06. The lowest BCUT2D eigenvalue weighted by molar-refractivity contribution is 0.157. The SMILES string of the molecule is N#Cc1ccc(CN2CCC3(CC2)C[C@@H]3c2nc(-c3cccc(Cl)c3)no2)c(F)c1. The number of benzene rings is 2. The van der Waals surface area contributed by atoms with Gasteiger partial charge in [0, 0.05) is 28.6 Å². The van der Waals surface area contributed by atoms with Gasteiger partial charge in [-0.3, -0.25) is 4.90 Å². The number of hydrogen-bond donors (Lipinski definition) is 0. The summed E-state index contributed by atoms with van der Waals surface area (Å²) in [6, 6.07) is 14.1. The molecule has 0 amide bonds. The molecule has 0 radical (unpaired) electrons. The molecule has 3 aromatic rings. The zero-order chi connectivity index (χ0) is 20.7. The van der Waals surface area contributed by atoms with Crippen LogP contribution in [0.4, 0.5) is 4.39 Å². The lowest BCUT2D eigenvalue weighted by Gasteiger charge is -2.32. The van der Waals surface area contributed by atoms with Crippen molar-refractivity contribution in [3.05, 3.63) is 70.3 Å². The summed E-state index contributed by atoms with van der Waals surface area (Å²) < 4.78 is 19.8.